The van der Waals surface area contributed by atoms with Crippen molar-refractivity contribution in [2.75, 3.05) is 38.8 Å². The summed E-state index contributed by atoms with van der Waals surface area (Å²) < 4.78 is 0. The number of hydrogen-bond acceptors (Lipinski definition) is 4. The summed E-state index contributed by atoms with van der Waals surface area (Å²) in [5.41, 5.74) is 5.43. The van der Waals surface area contributed by atoms with Crippen LogP contribution in [0.2, 0.25) is 0 Å². The lowest BCUT2D eigenvalue weighted by atomic mass is 10.0. The molecule has 1 aliphatic rings. The molecule has 2 N–H and O–H groups in total. The minimum Gasteiger partial charge on any atom is -0.343 e. The molecule has 1 aliphatic heterocycles. The molecule has 0 atom stereocenters. The second kappa shape index (κ2) is 7.95. The van der Waals surface area contributed by atoms with Gasteiger partial charge >= 0.3 is 0 Å². The molecule has 0 unspecified atom stereocenters. The van der Waals surface area contributed by atoms with Gasteiger partial charge in [-0.3, -0.25) is 9.69 Å². The highest BCUT2D eigenvalue weighted by molar-refractivity contribution is 7.98. The normalized spacial score (nSPS) is 18.3. The summed E-state index contributed by atoms with van der Waals surface area (Å²) in [7, 11) is 1.94. The lowest BCUT2D eigenvalue weighted by molar-refractivity contribution is -0.132. The van der Waals surface area contributed by atoms with Crippen molar-refractivity contribution >= 4 is 17.7 Å². The summed E-state index contributed by atoms with van der Waals surface area (Å²) in [5.74, 6) is 1.36. The average Bonchev–Trinajstić information content (AvgIpc) is 2.36. The van der Waals surface area contributed by atoms with Crippen LogP contribution in [0, 0.1) is 0 Å². The van der Waals surface area contributed by atoms with E-state index in [9.17, 15) is 4.79 Å². The molecular formula is C12H25N3OS. The highest BCUT2D eigenvalue weighted by Crippen LogP contribution is 2.17. The first kappa shape index (κ1) is 14.8. The minimum atomic E-state index is 0.249. The number of nitrogens with zero attached hydrogens (tertiary/aromatic N) is 2. The number of thioether (sulfide) groups is 1. The zero-order valence-electron chi connectivity index (χ0n) is 11.0. The van der Waals surface area contributed by atoms with E-state index in [4.69, 9.17) is 5.73 Å². The van der Waals surface area contributed by atoms with Crippen LogP contribution in [0.3, 0.4) is 0 Å². The number of carbonyl (C=O) groups is 1. The first-order valence-corrected chi connectivity index (χ1v) is 7.75. The Labute approximate surface area is 109 Å². The fourth-order valence-electron chi connectivity index (χ4n) is 2.25. The van der Waals surface area contributed by atoms with E-state index < -0.39 is 0 Å². The molecule has 0 aromatic heterocycles. The van der Waals surface area contributed by atoms with Gasteiger partial charge < -0.3 is 10.6 Å². The average molecular weight is 259 g/mol. The number of hydrogen-bond donors (Lipinski definition) is 1. The molecule has 1 amide bonds. The van der Waals surface area contributed by atoms with Crippen LogP contribution in [0.1, 0.15) is 25.7 Å². The van der Waals surface area contributed by atoms with Crippen molar-refractivity contribution in [3.05, 3.63) is 0 Å². The Morgan fingerprint density at radius 3 is 2.65 bits per heavy atom. The van der Waals surface area contributed by atoms with Crippen LogP contribution in [0.4, 0.5) is 0 Å². The van der Waals surface area contributed by atoms with E-state index in [2.05, 4.69) is 11.2 Å². The van der Waals surface area contributed by atoms with Gasteiger partial charge in [-0.1, -0.05) is 0 Å². The van der Waals surface area contributed by atoms with E-state index in [0.717, 1.165) is 38.2 Å². The van der Waals surface area contributed by atoms with Crippen molar-refractivity contribution in [3.63, 3.8) is 0 Å². The molecule has 0 saturated carbocycles. The van der Waals surface area contributed by atoms with Crippen LogP contribution >= 0.6 is 11.8 Å². The largest absolute Gasteiger partial charge is 0.343 e. The van der Waals surface area contributed by atoms with Gasteiger partial charge in [0.15, 0.2) is 0 Å². The maximum absolute atomic E-state index is 11.9. The standard InChI is InChI=1S/C12H25N3OS/c1-14(12(16)4-3-7-13)11-5-8-15(9-6-11)10-17-2/h11H,3-10,13H2,1-2H3. The van der Waals surface area contributed by atoms with Crippen LogP contribution < -0.4 is 5.73 Å². The van der Waals surface area contributed by atoms with Crippen molar-refractivity contribution in [2.45, 2.75) is 31.7 Å². The molecule has 0 aliphatic carbocycles. The SMILES string of the molecule is CSCN1CCC(N(C)C(=O)CCCN)CC1. The third-order valence-corrected chi connectivity index (χ3v) is 4.03. The highest BCUT2D eigenvalue weighted by atomic mass is 32.2. The van der Waals surface area contributed by atoms with Crippen molar-refractivity contribution < 1.29 is 4.79 Å². The topological polar surface area (TPSA) is 49.6 Å². The van der Waals surface area contributed by atoms with Crippen molar-refractivity contribution in [3.8, 4) is 0 Å². The number of rotatable bonds is 6. The molecule has 1 fully saturated rings. The fourth-order valence-corrected chi connectivity index (χ4v) is 2.87. The lowest BCUT2D eigenvalue weighted by Crippen LogP contribution is -2.45. The Balaban J connectivity index is 2.29. The molecule has 5 heteroatoms. The van der Waals surface area contributed by atoms with Crippen molar-refractivity contribution in [2.24, 2.45) is 5.73 Å². The van der Waals surface area contributed by atoms with Crippen LogP contribution in [0.15, 0.2) is 0 Å². The zero-order chi connectivity index (χ0) is 12.7. The Morgan fingerprint density at radius 2 is 2.12 bits per heavy atom. The maximum Gasteiger partial charge on any atom is 0.222 e. The molecule has 1 heterocycles. The Hall–Kier alpha value is -0.260. The summed E-state index contributed by atoms with van der Waals surface area (Å²) in [6, 6.07) is 0.429. The number of amides is 1. The van der Waals surface area contributed by atoms with E-state index in [-0.39, 0.29) is 5.91 Å². The van der Waals surface area contributed by atoms with Gasteiger partial charge in [0, 0.05) is 38.5 Å². The van der Waals surface area contributed by atoms with E-state index in [1.165, 1.54) is 0 Å². The smallest absolute Gasteiger partial charge is 0.222 e. The number of nitrogens with two attached hydrogens (primary N) is 1. The van der Waals surface area contributed by atoms with Crippen LogP contribution in [-0.4, -0.2) is 60.6 Å². The number of carbonyl (C=O) groups excluding carboxylic acids is 1. The van der Waals surface area contributed by atoms with Gasteiger partial charge in [0.25, 0.3) is 0 Å². The van der Waals surface area contributed by atoms with Gasteiger partial charge in [0.1, 0.15) is 0 Å². The second-order valence-electron chi connectivity index (χ2n) is 4.66. The molecule has 4 nitrogen and oxygen atoms in total. The maximum atomic E-state index is 11.9. The molecule has 1 rings (SSSR count). The molecule has 0 radical (unpaired) electrons. The molecular weight excluding hydrogens is 234 g/mol. The van der Waals surface area contributed by atoms with Gasteiger partial charge in [-0.15, -0.1) is 11.8 Å². The summed E-state index contributed by atoms with van der Waals surface area (Å²) in [6.07, 6.45) is 5.73. The fraction of sp³-hybridized carbons (Fsp3) is 0.917. The summed E-state index contributed by atoms with van der Waals surface area (Å²) in [6.45, 7) is 2.83. The van der Waals surface area contributed by atoms with E-state index in [0.29, 0.717) is 19.0 Å². The van der Waals surface area contributed by atoms with Crippen LogP contribution in [-0.2, 0) is 4.79 Å². The van der Waals surface area contributed by atoms with Gasteiger partial charge in [0.2, 0.25) is 5.91 Å². The lowest BCUT2D eigenvalue weighted by Gasteiger charge is -2.36. The monoisotopic (exact) mass is 259 g/mol. The first-order chi connectivity index (χ1) is 8.19. The molecule has 0 aromatic carbocycles. The molecule has 0 bridgehead atoms. The number of piperidine rings is 1. The molecule has 0 aromatic rings. The van der Waals surface area contributed by atoms with Gasteiger partial charge in [0.05, 0.1) is 0 Å². The van der Waals surface area contributed by atoms with Gasteiger partial charge in [-0.25, -0.2) is 0 Å². The molecule has 0 spiro atoms. The van der Waals surface area contributed by atoms with E-state index in [1.54, 1.807) is 0 Å². The van der Waals surface area contributed by atoms with Crippen molar-refractivity contribution in [1.29, 1.82) is 0 Å². The Bertz CT molecular complexity index is 230. The molecule has 17 heavy (non-hydrogen) atoms. The predicted molar refractivity (Wildman–Crippen MR) is 74.0 cm³/mol. The quantitative estimate of drug-likeness (QED) is 0.772. The van der Waals surface area contributed by atoms with E-state index >= 15 is 0 Å². The van der Waals surface area contributed by atoms with Crippen molar-refractivity contribution in [1.82, 2.24) is 9.80 Å². The zero-order valence-corrected chi connectivity index (χ0v) is 11.8. The first-order valence-electron chi connectivity index (χ1n) is 6.36. The Kier molecular flexibility index (Phi) is 6.92. The number of likely N-dealkylation sites (tertiary alicyclic amines) is 1. The second-order valence-corrected chi connectivity index (χ2v) is 5.50. The van der Waals surface area contributed by atoms with Crippen LogP contribution in [0.25, 0.3) is 0 Å². The minimum absolute atomic E-state index is 0.249. The molecule has 100 valence electrons. The Morgan fingerprint density at radius 1 is 1.47 bits per heavy atom. The van der Waals surface area contributed by atoms with Gasteiger partial charge in [-0.05, 0) is 32.1 Å². The summed E-state index contributed by atoms with van der Waals surface area (Å²) >= 11 is 1.87. The third-order valence-electron chi connectivity index (χ3n) is 3.40. The predicted octanol–water partition coefficient (Wildman–Crippen LogP) is 0.969. The van der Waals surface area contributed by atoms with Crippen LogP contribution in [0.5, 0.6) is 0 Å². The molecule has 1 saturated heterocycles. The van der Waals surface area contributed by atoms with E-state index in [1.807, 2.05) is 23.7 Å². The third kappa shape index (κ3) is 4.85. The van der Waals surface area contributed by atoms with Gasteiger partial charge in [-0.2, -0.15) is 0 Å². The highest BCUT2D eigenvalue weighted by Gasteiger charge is 2.24. The summed E-state index contributed by atoms with van der Waals surface area (Å²) in [5, 5.41) is 0. The summed E-state index contributed by atoms with van der Waals surface area (Å²) in [4.78, 5) is 16.3.